The lowest BCUT2D eigenvalue weighted by Gasteiger charge is -2.11. The van der Waals surface area contributed by atoms with Gasteiger partial charge in [0.25, 0.3) is 0 Å². The fraction of sp³-hybridized carbons (Fsp3) is 0.250. The van der Waals surface area contributed by atoms with Crippen molar-refractivity contribution in [2.45, 2.75) is 20.8 Å². The molecule has 2 rings (SSSR count). The first-order chi connectivity index (χ1) is 10.1. The van der Waals surface area contributed by atoms with Gasteiger partial charge < -0.3 is 10.1 Å². The number of nitrogens with zero attached hydrogens (tertiary/aromatic N) is 1. The van der Waals surface area contributed by atoms with Crippen LogP contribution in [0, 0.1) is 13.8 Å². The molecule has 0 fully saturated rings. The van der Waals surface area contributed by atoms with Gasteiger partial charge in [0.2, 0.25) is 0 Å². The molecular formula is C16H19N3O2. The fourth-order valence-electron chi connectivity index (χ4n) is 1.86. The summed E-state index contributed by atoms with van der Waals surface area (Å²) >= 11 is 0. The predicted molar refractivity (Wildman–Crippen MR) is 84.1 cm³/mol. The third-order valence-electron chi connectivity index (χ3n) is 3.15. The summed E-state index contributed by atoms with van der Waals surface area (Å²) in [7, 11) is 0. The van der Waals surface area contributed by atoms with E-state index in [9.17, 15) is 4.79 Å². The monoisotopic (exact) mass is 285 g/mol. The highest BCUT2D eigenvalue weighted by Crippen LogP contribution is 2.22. The lowest BCUT2D eigenvalue weighted by Crippen LogP contribution is -2.14. The van der Waals surface area contributed by atoms with Gasteiger partial charge in [0.1, 0.15) is 5.82 Å². The summed E-state index contributed by atoms with van der Waals surface area (Å²) < 4.78 is 4.79. The van der Waals surface area contributed by atoms with Gasteiger partial charge in [-0.05, 0) is 50.1 Å². The summed E-state index contributed by atoms with van der Waals surface area (Å²) in [4.78, 5) is 15.5. The molecule has 0 saturated heterocycles. The third-order valence-corrected chi connectivity index (χ3v) is 3.15. The van der Waals surface area contributed by atoms with Crippen LogP contribution in [0.15, 0.2) is 36.5 Å². The van der Waals surface area contributed by atoms with Crippen molar-refractivity contribution in [1.82, 2.24) is 4.98 Å². The molecule has 1 heterocycles. The average Bonchev–Trinajstić information content (AvgIpc) is 2.46. The number of ether oxygens (including phenoxy) is 1. The van der Waals surface area contributed by atoms with Crippen molar-refractivity contribution >= 4 is 23.3 Å². The second-order valence-corrected chi connectivity index (χ2v) is 4.65. The van der Waals surface area contributed by atoms with Crippen LogP contribution in [0.3, 0.4) is 0 Å². The van der Waals surface area contributed by atoms with Crippen molar-refractivity contribution in [3.63, 3.8) is 0 Å². The quantitative estimate of drug-likeness (QED) is 0.891. The van der Waals surface area contributed by atoms with Gasteiger partial charge in [-0.3, -0.25) is 5.32 Å². The summed E-state index contributed by atoms with van der Waals surface area (Å²) in [6, 6.07) is 9.69. The molecule has 0 unspecified atom stereocenters. The van der Waals surface area contributed by atoms with Crippen molar-refractivity contribution in [3.8, 4) is 0 Å². The van der Waals surface area contributed by atoms with Gasteiger partial charge in [0.15, 0.2) is 0 Å². The van der Waals surface area contributed by atoms with Gasteiger partial charge in [-0.15, -0.1) is 0 Å². The van der Waals surface area contributed by atoms with Crippen LogP contribution in [0.5, 0.6) is 0 Å². The molecule has 0 radical (unpaired) electrons. The molecule has 0 bridgehead atoms. The maximum Gasteiger partial charge on any atom is 0.412 e. The number of amides is 1. The molecule has 0 aliphatic carbocycles. The van der Waals surface area contributed by atoms with Gasteiger partial charge in [0, 0.05) is 5.69 Å². The zero-order chi connectivity index (χ0) is 15.2. The molecule has 1 aromatic carbocycles. The molecule has 5 nitrogen and oxygen atoms in total. The Morgan fingerprint density at radius 1 is 1.24 bits per heavy atom. The topological polar surface area (TPSA) is 63.2 Å². The smallest absolute Gasteiger partial charge is 0.412 e. The minimum Gasteiger partial charge on any atom is -0.450 e. The summed E-state index contributed by atoms with van der Waals surface area (Å²) in [6.45, 7) is 6.23. The molecule has 2 N–H and O–H groups in total. The van der Waals surface area contributed by atoms with Crippen LogP contribution in [0.1, 0.15) is 18.1 Å². The largest absolute Gasteiger partial charge is 0.450 e. The van der Waals surface area contributed by atoms with Gasteiger partial charge in [0.05, 0.1) is 18.5 Å². The van der Waals surface area contributed by atoms with E-state index in [1.807, 2.05) is 18.2 Å². The molecule has 110 valence electrons. The zero-order valence-corrected chi connectivity index (χ0v) is 12.4. The number of aromatic nitrogens is 1. The van der Waals surface area contributed by atoms with Gasteiger partial charge in [-0.1, -0.05) is 12.1 Å². The average molecular weight is 285 g/mol. The van der Waals surface area contributed by atoms with Crippen LogP contribution < -0.4 is 10.6 Å². The SMILES string of the molecule is CCOC(=O)Nc1ccc(Nc2cccc(C)c2C)cn1. The number of hydrogen-bond donors (Lipinski definition) is 2. The minimum atomic E-state index is -0.500. The molecule has 1 aromatic heterocycles. The van der Waals surface area contributed by atoms with E-state index in [4.69, 9.17) is 4.74 Å². The number of carbonyl (C=O) groups excluding carboxylic acids is 1. The Hall–Kier alpha value is -2.56. The zero-order valence-electron chi connectivity index (χ0n) is 12.4. The summed E-state index contributed by atoms with van der Waals surface area (Å²) in [5.74, 6) is 0.458. The molecular weight excluding hydrogens is 266 g/mol. The number of rotatable bonds is 4. The number of benzene rings is 1. The Bertz CT molecular complexity index is 624. The second-order valence-electron chi connectivity index (χ2n) is 4.65. The standard InChI is InChI=1S/C16H19N3O2/c1-4-21-16(20)19-15-9-8-13(10-17-15)18-14-7-5-6-11(2)12(14)3/h5-10,18H,4H2,1-3H3,(H,17,19,20). The maximum atomic E-state index is 11.3. The molecule has 0 atom stereocenters. The Kier molecular flexibility index (Phi) is 4.77. The predicted octanol–water partition coefficient (Wildman–Crippen LogP) is 4.01. The second kappa shape index (κ2) is 6.74. The van der Waals surface area contributed by atoms with E-state index in [0.29, 0.717) is 12.4 Å². The highest BCUT2D eigenvalue weighted by Gasteiger charge is 2.04. The van der Waals surface area contributed by atoms with E-state index in [0.717, 1.165) is 11.4 Å². The maximum absolute atomic E-state index is 11.3. The highest BCUT2D eigenvalue weighted by atomic mass is 16.5. The first-order valence-corrected chi connectivity index (χ1v) is 6.83. The van der Waals surface area contributed by atoms with Crippen LogP contribution in [-0.2, 0) is 4.74 Å². The van der Waals surface area contributed by atoms with Gasteiger partial charge >= 0.3 is 6.09 Å². The van der Waals surface area contributed by atoms with Crippen LogP contribution in [0.4, 0.5) is 22.0 Å². The molecule has 0 aliphatic rings. The summed E-state index contributed by atoms with van der Waals surface area (Å²) in [5.41, 5.74) is 4.33. The van der Waals surface area contributed by atoms with Crippen molar-refractivity contribution < 1.29 is 9.53 Å². The van der Waals surface area contributed by atoms with Crippen molar-refractivity contribution in [1.29, 1.82) is 0 Å². The molecule has 0 saturated carbocycles. The Morgan fingerprint density at radius 2 is 2.05 bits per heavy atom. The molecule has 0 aliphatic heterocycles. The molecule has 0 spiro atoms. The molecule has 2 aromatic rings. The minimum absolute atomic E-state index is 0.331. The van der Waals surface area contributed by atoms with Crippen molar-refractivity contribution in [2.75, 3.05) is 17.2 Å². The number of carbonyl (C=O) groups is 1. The molecule has 1 amide bonds. The summed E-state index contributed by atoms with van der Waals surface area (Å²) in [6.07, 6.45) is 1.17. The van der Waals surface area contributed by atoms with E-state index in [-0.39, 0.29) is 0 Å². The van der Waals surface area contributed by atoms with Gasteiger partial charge in [-0.2, -0.15) is 0 Å². The van der Waals surface area contributed by atoms with E-state index >= 15 is 0 Å². The number of aryl methyl sites for hydroxylation is 1. The number of nitrogens with one attached hydrogen (secondary N) is 2. The summed E-state index contributed by atoms with van der Waals surface area (Å²) in [5, 5.41) is 5.87. The van der Waals surface area contributed by atoms with Crippen LogP contribution >= 0.6 is 0 Å². The van der Waals surface area contributed by atoms with Crippen LogP contribution in [-0.4, -0.2) is 17.7 Å². The Morgan fingerprint density at radius 3 is 2.71 bits per heavy atom. The van der Waals surface area contributed by atoms with Crippen LogP contribution in [0.2, 0.25) is 0 Å². The molecule has 21 heavy (non-hydrogen) atoms. The normalized spacial score (nSPS) is 10.0. The van der Waals surface area contributed by atoms with E-state index in [2.05, 4.69) is 35.5 Å². The number of hydrogen-bond acceptors (Lipinski definition) is 4. The Labute approximate surface area is 124 Å². The van der Waals surface area contributed by atoms with Crippen molar-refractivity contribution in [2.24, 2.45) is 0 Å². The molecule has 5 heteroatoms. The number of pyridine rings is 1. The lowest BCUT2D eigenvalue weighted by molar-refractivity contribution is 0.168. The van der Waals surface area contributed by atoms with Crippen LogP contribution in [0.25, 0.3) is 0 Å². The number of anilines is 3. The van der Waals surface area contributed by atoms with E-state index in [1.54, 1.807) is 19.2 Å². The highest BCUT2D eigenvalue weighted by molar-refractivity contribution is 5.83. The lowest BCUT2D eigenvalue weighted by atomic mass is 10.1. The van der Waals surface area contributed by atoms with Crippen molar-refractivity contribution in [3.05, 3.63) is 47.7 Å². The first kappa shape index (κ1) is 14.8. The van der Waals surface area contributed by atoms with E-state index < -0.39 is 6.09 Å². The fourth-order valence-corrected chi connectivity index (χ4v) is 1.86. The first-order valence-electron chi connectivity index (χ1n) is 6.83. The Balaban J connectivity index is 2.05. The van der Waals surface area contributed by atoms with E-state index in [1.165, 1.54) is 11.1 Å². The third kappa shape index (κ3) is 3.95. The van der Waals surface area contributed by atoms with Gasteiger partial charge in [-0.25, -0.2) is 9.78 Å².